The van der Waals surface area contributed by atoms with Gasteiger partial charge in [0, 0.05) is 6.08 Å². The summed E-state index contributed by atoms with van der Waals surface area (Å²) in [5.74, 6) is -7.08. The Morgan fingerprint density at radius 1 is 1.15 bits per heavy atom. The molecule has 0 amide bonds. The Morgan fingerprint density at radius 2 is 1.81 bits per heavy atom. The van der Waals surface area contributed by atoms with Gasteiger partial charge in [0.1, 0.15) is 5.92 Å². The van der Waals surface area contributed by atoms with Gasteiger partial charge in [0.25, 0.3) is 0 Å². The summed E-state index contributed by atoms with van der Waals surface area (Å²) >= 11 is 0. The maximum atomic E-state index is 11.9. The molecule has 0 aliphatic rings. The van der Waals surface area contributed by atoms with Crippen molar-refractivity contribution < 1.29 is 48.7 Å². The zero-order valence-corrected chi connectivity index (χ0v) is 14.4. The van der Waals surface area contributed by atoms with Crippen molar-refractivity contribution in [3.63, 3.8) is 0 Å². The normalized spacial score (nSPS) is 12.8. The van der Waals surface area contributed by atoms with E-state index in [4.69, 9.17) is 14.6 Å². The number of aliphatic carboxylic acids is 2. The molecule has 0 spiro atoms. The molecule has 10 nitrogen and oxygen atoms in total. The predicted octanol–water partition coefficient (Wildman–Crippen LogP) is 0.674. The van der Waals surface area contributed by atoms with Crippen LogP contribution in [0.15, 0.2) is 24.3 Å². The highest BCUT2D eigenvalue weighted by molar-refractivity contribution is 5.91. The van der Waals surface area contributed by atoms with Gasteiger partial charge in [-0.2, -0.15) is 0 Å². The van der Waals surface area contributed by atoms with Crippen molar-refractivity contribution in [2.75, 3.05) is 14.2 Å². The van der Waals surface area contributed by atoms with E-state index in [1.54, 1.807) is 0 Å². The van der Waals surface area contributed by atoms with E-state index < -0.39 is 42.3 Å². The number of rotatable bonds is 9. The summed E-state index contributed by atoms with van der Waals surface area (Å²) in [6.45, 7) is 0. The third-order valence-corrected chi connectivity index (χ3v) is 3.37. The van der Waals surface area contributed by atoms with E-state index in [9.17, 15) is 29.4 Å². The largest absolute Gasteiger partial charge is 0.504 e. The lowest BCUT2D eigenvalue weighted by atomic mass is 9.98. The van der Waals surface area contributed by atoms with Crippen LogP contribution in [0.5, 0.6) is 11.5 Å². The zero-order chi connectivity index (χ0) is 20.6. The molecule has 0 heterocycles. The van der Waals surface area contributed by atoms with Gasteiger partial charge in [-0.15, -0.1) is 0 Å². The minimum absolute atomic E-state index is 0.113. The number of phenolic OH excluding ortho intramolecular Hbond substituents is 1. The monoisotopic (exact) mass is 382 g/mol. The quantitative estimate of drug-likeness (QED) is 0.410. The highest BCUT2D eigenvalue weighted by atomic mass is 16.6. The first-order valence-corrected chi connectivity index (χ1v) is 7.47. The van der Waals surface area contributed by atoms with Crippen LogP contribution in [-0.4, -0.2) is 59.5 Å². The number of aromatic hydroxyl groups is 1. The van der Waals surface area contributed by atoms with Crippen molar-refractivity contribution in [1.82, 2.24) is 0 Å². The fourth-order valence-electron chi connectivity index (χ4n) is 2.08. The van der Waals surface area contributed by atoms with Crippen LogP contribution >= 0.6 is 0 Å². The molecule has 1 aromatic rings. The number of ether oxygens (including phenoxy) is 3. The Bertz CT molecular complexity index is 752. The molecule has 0 saturated carbocycles. The maximum Gasteiger partial charge on any atom is 0.345 e. The number of carbonyl (C=O) groups excluding carboxylic acids is 2. The lowest BCUT2D eigenvalue weighted by Crippen LogP contribution is -2.40. The molecule has 0 fully saturated rings. The Labute approximate surface area is 153 Å². The topological polar surface area (TPSA) is 157 Å². The third-order valence-electron chi connectivity index (χ3n) is 3.37. The van der Waals surface area contributed by atoms with E-state index in [2.05, 4.69) is 4.74 Å². The molecule has 0 bridgehead atoms. The second-order valence-electron chi connectivity index (χ2n) is 5.19. The fraction of sp³-hybridized carbons (Fsp3) is 0.294. The number of methoxy groups -OCH3 is 2. The van der Waals surface area contributed by atoms with Gasteiger partial charge in [-0.1, -0.05) is 6.07 Å². The first kappa shape index (κ1) is 21.5. The second-order valence-corrected chi connectivity index (χ2v) is 5.19. The van der Waals surface area contributed by atoms with Gasteiger partial charge in [0.2, 0.25) is 6.10 Å². The standard InChI is InChI=1S/C17H18O10/c1-25-12-7-9(3-5-11(12)18)4-6-14(21)27-15(16(22)23)10(8-13(19)20)17(24)26-2/h3-7,10,15,18H,8H2,1-2H3,(H,19,20)(H,22,23)/b6-4+. The first-order valence-electron chi connectivity index (χ1n) is 7.47. The molecule has 146 valence electrons. The van der Waals surface area contributed by atoms with Crippen molar-refractivity contribution >= 4 is 30.0 Å². The van der Waals surface area contributed by atoms with E-state index in [0.29, 0.717) is 5.56 Å². The lowest BCUT2D eigenvalue weighted by molar-refractivity contribution is -0.173. The molecular formula is C17H18O10. The van der Waals surface area contributed by atoms with E-state index in [1.165, 1.54) is 31.4 Å². The lowest BCUT2D eigenvalue weighted by Gasteiger charge is -2.20. The smallest absolute Gasteiger partial charge is 0.345 e. The number of benzene rings is 1. The van der Waals surface area contributed by atoms with Crippen molar-refractivity contribution in [2.24, 2.45) is 5.92 Å². The first-order chi connectivity index (χ1) is 12.7. The summed E-state index contributed by atoms with van der Waals surface area (Å²) in [5.41, 5.74) is 0.434. The average Bonchev–Trinajstić information content (AvgIpc) is 2.62. The van der Waals surface area contributed by atoms with Crippen molar-refractivity contribution in [3.8, 4) is 11.5 Å². The summed E-state index contributed by atoms with van der Waals surface area (Å²) in [5, 5.41) is 27.5. The van der Waals surface area contributed by atoms with E-state index >= 15 is 0 Å². The minimum atomic E-state index is -2.04. The predicted molar refractivity (Wildman–Crippen MR) is 89.0 cm³/mol. The van der Waals surface area contributed by atoms with Crippen LogP contribution < -0.4 is 4.74 Å². The Balaban J connectivity index is 2.95. The fourth-order valence-corrected chi connectivity index (χ4v) is 2.08. The molecule has 1 rings (SSSR count). The molecule has 0 aliphatic carbocycles. The molecule has 27 heavy (non-hydrogen) atoms. The van der Waals surface area contributed by atoms with Crippen molar-refractivity contribution in [2.45, 2.75) is 12.5 Å². The number of carbonyl (C=O) groups is 4. The Hall–Kier alpha value is -3.56. The molecule has 3 N–H and O–H groups in total. The van der Waals surface area contributed by atoms with Crippen LogP contribution in [-0.2, 0) is 28.7 Å². The molecule has 10 heteroatoms. The van der Waals surface area contributed by atoms with Gasteiger partial charge in [-0.25, -0.2) is 9.59 Å². The second kappa shape index (κ2) is 9.80. The van der Waals surface area contributed by atoms with Crippen LogP contribution in [0.3, 0.4) is 0 Å². The number of carboxylic acids is 2. The van der Waals surface area contributed by atoms with Gasteiger partial charge in [0.15, 0.2) is 11.5 Å². The third kappa shape index (κ3) is 6.34. The van der Waals surface area contributed by atoms with Gasteiger partial charge in [-0.05, 0) is 23.8 Å². The SMILES string of the molecule is COC(=O)C(CC(=O)O)C(OC(=O)/C=C/c1ccc(O)c(OC)c1)C(=O)O. The van der Waals surface area contributed by atoms with Gasteiger partial charge in [-0.3, -0.25) is 9.59 Å². The van der Waals surface area contributed by atoms with E-state index in [0.717, 1.165) is 13.2 Å². The Kier molecular flexibility index (Phi) is 7.80. The Morgan fingerprint density at radius 3 is 2.33 bits per heavy atom. The summed E-state index contributed by atoms with van der Waals surface area (Å²) in [7, 11) is 2.29. The molecular weight excluding hydrogens is 364 g/mol. The number of phenols is 1. The number of carboxylic acid groups (broad SMARTS) is 2. The van der Waals surface area contributed by atoms with Crippen molar-refractivity contribution in [1.29, 1.82) is 0 Å². The molecule has 0 aliphatic heterocycles. The summed E-state index contributed by atoms with van der Waals surface area (Å²) in [4.78, 5) is 45.7. The van der Waals surface area contributed by atoms with Crippen LogP contribution in [0.4, 0.5) is 0 Å². The van der Waals surface area contributed by atoms with Crippen LogP contribution in [0.1, 0.15) is 12.0 Å². The molecule has 0 radical (unpaired) electrons. The number of hydrogen-bond acceptors (Lipinski definition) is 8. The molecule has 1 aromatic carbocycles. The highest BCUT2D eigenvalue weighted by Crippen LogP contribution is 2.26. The molecule has 2 atom stereocenters. The zero-order valence-electron chi connectivity index (χ0n) is 14.4. The molecule has 2 unspecified atom stereocenters. The highest BCUT2D eigenvalue weighted by Gasteiger charge is 2.39. The van der Waals surface area contributed by atoms with Crippen LogP contribution in [0, 0.1) is 5.92 Å². The summed E-state index contributed by atoms with van der Waals surface area (Å²) in [6, 6.07) is 4.19. The summed E-state index contributed by atoms with van der Waals surface area (Å²) < 4.78 is 14.0. The van der Waals surface area contributed by atoms with E-state index in [-0.39, 0.29) is 11.5 Å². The molecule has 0 saturated heterocycles. The molecule has 0 aromatic heterocycles. The van der Waals surface area contributed by atoms with Crippen LogP contribution in [0.25, 0.3) is 6.08 Å². The van der Waals surface area contributed by atoms with Gasteiger partial charge < -0.3 is 29.5 Å². The van der Waals surface area contributed by atoms with Crippen molar-refractivity contribution in [3.05, 3.63) is 29.8 Å². The summed E-state index contributed by atoms with van der Waals surface area (Å²) in [6.07, 6.45) is -0.791. The van der Waals surface area contributed by atoms with Gasteiger partial charge in [0.05, 0.1) is 20.6 Å². The average molecular weight is 382 g/mol. The number of hydrogen-bond donors (Lipinski definition) is 3. The minimum Gasteiger partial charge on any atom is -0.504 e. The van der Waals surface area contributed by atoms with E-state index in [1.807, 2.05) is 0 Å². The van der Waals surface area contributed by atoms with Crippen LogP contribution in [0.2, 0.25) is 0 Å². The van der Waals surface area contributed by atoms with Gasteiger partial charge >= 0.3 is 23.9 Å². The maximum absolute atomic E-state index is 11.9. The number of esters is 2.